The molecule has 1 aliphatic heterocycles. The van der Waals surface area contributed by atoms with Gasteiger partial charge in [0.15, 0.2) is 0 Å². The maximum absolute atomic E-state index is 6.18. The Morgan fingerprint density at radius 1 is 1.30 bits per heavy atom. The molecule has 2 fully saturated rings. The van der Waals surface area contributed by atoms with Crippen molar-refractivity contribution in [2.24, 2.45) is 5.41 Å². The lowest BCUT2D eigenvalue weighted by Gasteiger charge is -2.31. The minimum Gasteiger partial charge on any atom is -0.381 e. The van der Waals surface area contributed by atoms with E-state index in [1.807, 2.05) is 12.1 Å². The van der Waals surface area contributed by atoms with Crippen molar-refractivity contribution < 1.29 is 4.74 Å². The zero-order chi connectivity index (χ0) is 13.5. The molecule has 1 aliphatic carbocycles. The standard InChI is InChI=1S/C15H19Cl2NO.ClH/c1-2-19-10-14-8-15(14,5-6-18-9-14)11-3-4-12(16)13(17)7-11;/h3-4,7,18H,2,5-6,8-10H2,1H3;1H/t14-,15-;/m0./s1. The van der Waals surface area contributed by atoms with Crippen LogP contribution in [0.25, 0.3) is 0 Å². The average Bonchev–Trinajstić information content (AvgIpc) is 3.10. The molecule has 1 aromatic carbocycles. The molecule has 112 valence electrons. The average molecular weight is 337 g/mol. The van der Waals surface area contributed by atoms with Crippen LogP contribution in [0.1, 0.15) is 25.3 Å². The van der Waals surface area contributed by atoms with E-state index in [4.69, 9.17) is 27.9 Å². The van der Waals surface area contributed by atoms with E-state index >= 15 is 0 Å². The fraction of sp³-hybridized carbons (Fsp3) is 0.600. The number of hydrogen-bond acceptors (Lipinski definition) is 2. The van der Waals surface area contributed by atoms with Gasteiger partial charge in [-0.05, 0) is 44.0 Å². The van der Waals surface area contributed by atoms with E-state index in [0.29, 0.717) is 10.0 Å². The van der Waals surface area contributed by atoms with Gasteiger partial charge in [-0.3, -0.25) is 0 Å². The van der Waals surface area contributed by atoms with Crippen LogP contribution in [0.4, 0.5) is 0 Å². The van der Waals surface area contributed by atoms with Gasteiger partial charge in [-0.25, -0.2) is 0 Å². The second-order valence-corrected chi connectivity index (χ2v) is 6.55. The lowest BCUT2D eigenvalue weighted by molar-refractivity contribution is 0.0817. The highest BCUT2D eigenvalue weighted by molar-refractivity contribution is 6.42. The maximum atomic E-state index is 6.18. The first-order valence-electron chi connectivity index (χ1n) is 6.88. The van der Waals surface area contributed by atoms with Crippen LogP contribution in [0.3, 0.4) is 0 Å². The predicted octanol–water partition coefficient (Wildman–Crippen LogP) is 4.07. The first-order valence-corrected chi connectivity index (χ1v) is 7.63. The molecule has 3 rings (SSSR count). The third-order valence-corrected chi connectivity index (χ3v) is 5.52. The Hall–Kier alpha value is 0.01000. The summed E-state index contributed by atoms with van der Waals surface area (Å²) >= 11 is 12.2. The lowest BCUT2D eigenvalue weighted by Crippen LogP contribution is -2.41. The van der Waals surface area contributed by atoms with Crippen molar-refractivity contribution in [3.63, 3.8) is 0 Å². The largest absolute Gasteiger partial charge is 0.381 e. The molecule has 2 aliphatic rings. The van der Waals surface area contributed by atoms with E-state index in [2.05, 4.69) is 18.3 Å². The molecule has 20 heavy (non-hydrogen) atoms. The van der Waals surface area contributed by atoms with Crippen LogP contribution in [-0.4, -0.2) is 26.3 Å². The van der Waals surface area contributed by atoms with Crippen LogP contribution in [-0.2, 0) is 10.2 Å². The minimum absolute atomic E-state index is 0. The van der Waals surface area contributed by atoms with Crippen molar-refractivity contribution in [2.45, 2.75) is 25.2 Å². The number of piperidine rings is 1. The molecular formula is C15H20Cl3NO. The quantitative estimate of drug-likeness (QED) is 0.895. The molecule has 5 heteroatoms. The maximum Gasteiger partial charge on any atom is 0.0595 e. The van der Waals surface area contributed by atoms with Gasteiger partial charge >= 0.3 is 0 Å². The second-order valence-electron chi connectivity index (χ2n) is 5.73. The van der Waals surface area contributed by atoms with Gasteiger partial charge in [0.1, 0.15) is 0 Å². The van der Waals surface area contributed by atoms with Crippen molar-refractivity contribution in [3.8, 4) is 0 Å². The van der Waals surface area contributed by atoms with Crippen LogP contribution in [0, 0.1) is 5.41 Å². The van der Waals surface area contributed by atoms with Crippen LogP contribution < -0.4 is 5.32 Å². The summed E-state index contributed by atoms with van der Waals surface area (Å²) in [6.45, 7) is 5.76. The lowest BCUT2D eigenvalue weighted by atomic mass is 9.81. The second kappa shape index (κ2) is 6.02. The summed E-state index contributed by atoms with van der Waals surface area (Å²) in [6, 6.07) is 6.09. The van der Waals surface area contributed by atoms with Gasteiger partial charge in [0.25, 0.3) is 0 Å². The van der Waals surface area contributed by atoms with Gasteiger partial charge in [-0.2, -0.15) is 0 Å². The SMILES string of the molecule is CCOC[C@]12CNCC[C@@]1(c1ccc(Cl)c(Cl)c1)C2.Cl. The summed E-state index contributed by atoms with van der Waals surface area (Å²) in [5.74, 6) is 0. The molecule has 0 unspecified atom stereocenters. The van der Waals surface area contributed by atoms with E-state index < -0.39 is 0 Å². The third-order valence-electron chi connectivity index (χ3n) is 4.78. The number of rotatable bonds is 4. The Balaban J connectivity index is 0.00000147. The van der Waals surface area contributed by atoms with Crippen LogP contribution >= 0.6 is 35.6 Å². The Kier molecular flexibility index (Phi) is 4.93. The Bertz CT molecular complexity index is 496. The highest BCUT2D eigenvalue weighted by Crippen LogP contribution is 2.67. The molecule has 1 saturated heterocycles. The fourth-order valence-electron chi connectivity index (χ4n) is 3.63. The van der Waals surface area contributed by atoms with Crippen molar-refractivity contribution in [1.29, 1.82) is 0 Å². The molecule has 1 saturated carbocycles. The van der Waals surface area contributed by atoms with E-state index in [9.17, 15) is 0 Å². The van der Waals surface area contributed by atoms with Gasteiger partial charge in [0, 0.05) is 24.0 Å². The molecule has 0 spiro atoms. The van der Waals surface area contributed by atoms with Gasteiger partial charge in [-0.15, -0.1) is 12.4 Å². The van der Waals surface area contributed by atoms with Crippen molar-refractivity contribution in [3.05, 3.63) is 33.8 Å². The first kappa shape index (κ1) is 16.4. The topological polar surface area (TPSA) is 21.3 Å². The molecule has 2 nitrogen and oxygen atoms in total. The highest BCUT2D eigenvalue weighted by Gasteiger charge is 2.68. The van der Waals surface area contributed by atoms with E-state index in [0.717, 1.165) is 32.7 Å². The summed E-state index contributed by atoms with van der Waals surface area (Å²) in [4.78, 5) is 0. The highest BCUT2D eigenvalue weighted by atomic mass is 35.5. The monoisotopic (exact) mass is 335 g/mol. The van der Waals surface area contributed by atoms with Gasteiger partial charge in [0.05, 0.1) is 16.7 Å². The molecule has 2 atom stereocenters. The number of benzene rings is 1. The fourth-order valence-corrected chi connectivity index (χ4v) is 3.93. The molecular weight excluding hydrogens is 317 g/mol. The zero-order valence-electron chi connectivity index (χ0n) is 11.5. The third kappa shape index (κ3) is 2.46. The molecule has 1 aromatic rings. The molecule has 1 N–H and O–H groups in total. The summed E-state index contributed by atoms with van der Waals surface area (Å²) in [5, 5.41) is 4.80. The van der Waals surface area contributed by atoms with E-state index in [1.165, 1.54) is 12.0 Å². The summed E-state index contributed by atoms with van der Waals surface area (Å²) in [7, 11) is 0. The first-order chi connectivity index (χ1) is 9.13. The minimum atomic E-state index is 0. The van der Waals surface area contributed by atoms with Gasteiger partial charge in [-0.1, -0.05) is 29.3 Å². The summed E-state index contributed by atoms with van der Waals surface area (Å²) in [6.07, 6.45) is 2.34. The number of ether oxygens (including phenoxy) is 1. The number of nitrogens with one attached hydrogen (secondary N) is 1. The molecule has 1 heterocycles. The van der Waals surface area contributed by atoms with Crippen LogP contribution in [0.15, 0.2) is 18.2 Å². The Morgan fingerprint density at radius 3 is 2.80 bits per heavy atom. The van der Waals surface area contributed by atoms with Gasteiger partial charge in [0.2, 0.25) is 0 Å². The van der Waals surface area contributed by atoms with E-state index in [-0.39, 0.29) is 23.2 Å². The molecule has 0 amide bonds. The van der Waals surface area contributed by atoms with Crippen molar-refractivity contribution >= 4 is 35.6 Å². The van der Waals surface area contributed by atoms with Crippen molar-refractivity contribution in [2.75, 3.05) is 26.3 Å². The Labute approximate surface area is 136 Å². The molecule has 0 aromatic heterocycles. The summed E-state index contributed by atoms with van der Waals surface area (Å²) < 4.78 is 5.72. The summed E-state index contributed by atoms with van der Waals surface area (Å²) in [5.41, 5.74) is 1.81. The molecule has 0 radical (unpaired) electrons. The number of halogens is 3. The van der Waals surface area contributed by atoms with E-state index in [1.54, 1.807) is 0 Å². The zero-order valence-corrected chi connectivity index (χ0v) is 13.9. The number of hydrogen-bond donors (Lipinski definition) is 1. The van der Waals surface area contributed by atoms with Crippen LogP contribution in [0.5, 0.6) is 0 Å². The predicted molar refractivity (Wildman–Crippen MR) is 86.4 cm³/mol. The Morgan fingerprint density at radius 2 is 2.10 bits per heavy atom. The number of fused-ring (bicyclic) bond motifs is 1. The van der Waals surface area contributed by atoms with Gasteiger partial charge < -0.3 is 10.1 Å². The smallest absolute Gasteiger partial charge is 0.0595 e. The molecule has 0 bridgehead atoms. The normalized spacial score (nSPS) is 31.4. The van der Waals surface area contributed by atoms with Crippen LogP contribution in [0.2, 0.25) is 10.0 Å². The van der Waals surface area contributed by atoms with Crippen molar-refractivity contribution in [1.82, 2.24) is 5.32 Å².